The number of nitrogens with zero attached hydrogens (tertiary/aromatic N) is 2. The van der Waals surface area contributed by atoms with Crippen LogP contribution < -0.4 is 10.2 Å². The van der Waals surface area contributed by atoms with Crippen molar-refractivity contribution in [1.29, 1.82) is 0 Å². The Balaban J connectivity index is 1.71. The van der Waals surface area contributed by atoms with Crippen molar-refractivity contribution in [3.8, 4) is 0 Å². The summed E-state index contributed by atoms with van der Waals surface area (Å²) >= 11 is 0. The molecule has 2 aliphatic rings. The maximum absolute atomic E-state index is 13.9. The second-order valence-corrected chi connectivity index (χ2v) is 5.76. The van der Waals surface area contributed by atoms with E-state index in [2.05, 4.69) is 5.32 Å². The number of hydrogen-bond donors (Lipinski definition) is 1. The van der Waals surface area contributed by atoms with Crippen LogP contribution in [0.4, 0.5) is 10.1 Å². The van der Waals surface area contributed by atoms with E-state index >= 15 is 0 Å². The van der Waals surface area contributed by atoms with Crippen molar-refractivity contribution in [3.63, 3.8) is 0 Å². The first-order valence-corrected chi connectivity index (χ1v) is 7.74. The molecule has 23 heavy (non-hydrogen) atoms. The van der Waals surface area contributed by atoms with Gasteiger partial charge in [-0.3, -0.25) is 9.59 Å². The Labute approximate surface area is 134 Å². The van der Waals surface area contributed by atoms with Crippen molar-refractivity contribution in [1.82, 2.24) is 10.2 Å². The Bertz CT molecular complexity index is 604. The normalized spacial score (nSPS) is 24.8. The smallest absolute Gasteiger partial charge is 0.253 e. The molecule has 124 valence electrons. The Morgan fingerprint density at radius 2 is 2.22 bits per heavy atom. The third-order valence-corrected chi connectivity index (χ3v) is 4.34. The molecule has 0 bridgehead atoms. The van der Waals surface area contributed by atoms with Gasteiger partial charge in [-0.25, -0.2) is 4.39 Å². The molecule has 6 nitrogen and oxygen atoms in total. The summed E-state index contributed by atoms with van der Waals surface area (Å²) in [6.07, 6.45) is -0.0840. The van der Waals surface area contributed by atoms with Crippen LogP contribution in [-0.4, -0.2) is 62.1 Å². The van der Waals surface area contributed by atoms with Gasteiger partial charge in [-0.15, -0.1) is 0 Å². The summed E-state index contributed by atoms with van der Waals surface area (Å²) < 4.78 is 19.3. The van der Waals surface area contributed by atoms with Gasteiger partial charge < -0.3 is 19.9 Å². The molecule has 2 fully saturated rings. The fourth-order valence-corrected chi connectivity index (χ4v) is 3.04. The van der Waals surface area contributed by atoms with E-state index in [0.29, 0.717) is 26.1 Å². The third kappa shape index (κ3) is 3.07. The van der Waals surface area contributed by atoms with Crippen molar-refractivity contribution in [2.75, 3.05) is 38.2 Å². The van der Waals surface area contributed by atoms with E-state index < -0.39 is 18.0 Å². The zero-order valence-electron chi connectivity index (χ0n) is 13.0. The minimum Gasteiger partial charge on any atom is -0.366 e. The number of anilines is 1. The molecule has 2 saturated heterocycles. The number of carbonyl (C=O) groups excluding carboxylic acids is 2. The molecule has 2 amide bonds. The molecule has 0 spiro atoms. The van der Waals surface area contributed by atoms with Crippen LogP contribution in [0.5, 0.6) is 0 Å². The van der Waals surface area contributed by atoms with Crippen molar-refractivity contribution >= 4 is 17.5 Å². The van der Waals surface area contributed by atoms with Gasteiger partial charge >= 0.3 is 0 Å². The fraction of sp³-hybridized carbons (Fsp3) is 0.500. The maximum Gasteiger partial charge on any atom is 0.253 e. The molecule has 1 aromatic carbocycles. The molecule has 2 aliphatic heterocycles. The Morgan fingerprint density at radius 3 is 2.91 bits per heavy atom. The Kier molecular flexibility index (Phi) is 4.58. The van der Waals surface area contributed by atoms with E-state index in [9.17, 15) is 14.0 Å². The minimum absolute atomic E-state index is 0.217. The fourth-order valence-electron chi connectivity index (χ4n) is 3.04. The van der Waals surface area contributed by atoms with Crippen molar-refractivity contribution in [2.24, 2.45) is 0 Å². The predicted molar refractivity (Wildman–Crippen MR) is 82.5 cm³/mol. The Morgan fingerprint density at radius 1 is 1.43 bits per heavy atom. The molecule has 0 aliphatic carbocycles. The standard InChI is InChI=1S/C16H20FN3O3/c1-19(16(22)14-10-18-7-9-23-14)13-6-8-20(15(13)21)12-5-3-2-4-11(12)17/h2-5,13-14,18H,6-10H2,1H3/t13-,14+/m1/s1. The first-order valence-electron chi connectivity index (χ1n) is 7.74. The highest BCUT2D eigenvalue weighted by atomic mass is 19.1. The molecule has 1 N–H and O–H groups in total. The second kappa shape index (κ2) is 6.64. The van der Waals surface area contributed by atoms with Crippen LogP contribution in [0, 0.1) is 5.82 Å². The van der Waals surface area contributed by atoms with Crippen molar-refractivity contribution in [3.05, 3.63) is 30.1 Å². The highest BCUT2D eigenvalue weighted by Gasteiger charge is 2.40. The predicted octanol–water partition coefficient (Wildman–Crippen LogP) is 0.378. The van der Waals surface area contributed by atoms with Gasteiger partial charge in [0.2, 0.25) is 5.91 Å². The zero-order chi connectivity index (χ0) is 16.4. The third-order valence-electron chi connectivity index (χ3n) is 4.34. The highest BCUT2D eigenvalue weighted by Crippen LogP contribution is 2.26. The number of halogens is 1. The number of ether oxygens (including phenoxy) is 1. The number of rotatable bonds is 3. The van der Waals surface area contributed by atoms with Gasteiger partial charge in [0.15, 0.2) is 0 Å². The molecule has 3 rings (SSSR count). The van der Waals surface area contributed by atoms with E-state index in [4.69, 9.17) is 4.74 Å². The number of amides is 2. The zero-order valence-corrected chi connectivity index (χ0v) is 13.0. The van der Waals surface area contributed by atoms with Crippen LogP contribution >= 0.6 is 0 Å². The summed E-state index contributed by atoms with van der Waals surface area (Å²) in [5, 5.41) is 3.10. The quantitative estimate of drug-likeness (QED) is 0.874. The summed E-state index contributed by atoms with van der Waals surface area (Å²) in [5.41, 5.74) is 0.261. The average molecular weight is 321 g/mol. The van der Waals surface area contributed by atoms with E-state index in [0.717, 1.165) is 6.54 Å². The van der Waals surface area contributed by atoms with Crippen molar-refractivity contribution in [2.45, 2.75) is 18.6 Å². The molecule has 7 heteroatoms. The van der Waals surface area contributed by atoms with Crippen LogP contribution in [0.1, 0.15) is 6.42 Å². The summed E-state index contributed by atoms with van der Waals surface area (Å²) in [4.78, 5) is 27.9. The lowest BCUT2D eigenvalue weighted by Gasteiger charge is -2.30. The monoisotopic (exact) mass is 321 g/mol. The van der Waals surface area contributed by atoms with E-state index in [1.165, 1.54) is 15.9 Å². The first-order chi connectivity index (χ1) is 11.1. The number of para-hydroxylation sites is 1. The van der Waals surface area contributed by atoms with E-state index in [1.807, 2.05) is 0 Å². The summed E-state index contributed by atoms with van der Waals surface area (Å²) in [5.74, 6) is -0.907. The molecule has 1 aromatic rings. The maximum atomic E-state index is 13.9. The van der Waals surface area contributed by atoms with Crippen LogP contribution in [-0.2, 0) is 14.3 Å². The summed E-state index contributed by atoms with van der Waals surface area (Å²) in [7, 11) is 1.60. The van der Waals surface area contributed by atoms with Crippen LogP contribution in [0.25, 0.3) is 0 Å². The molecule has 2 heterocycles. The van der Waals surface area contributed by atoms with Gasteiger partial charge in [-0.2, -0.15) is 0 Å². The molecule has 0 unspecified atom stereocenters. The average Bonchev–Trinajstić information content (AvgIpc) is 2.96. The molecule has 2 atom stereocenters. The molecular weight excluding hydrogens is 301 g/mol. The van der Waals surface area contributed by atoms with Crippen LogP contribution in [0.3, 0.4) is 0 Å². The summed E-state index contributed by atoms with van der Waals surface area (Å²) in [6, 6.07) is 5.60. The lowest BCUT2D eigenvalue weighted by Crippen LogP contribution is -2.52. The van der Waals surface area contributed by atoms with E-state index in [-0.39, 0.29) is 17.5 Å². The Hall–Kier alpha value is -1.99. The van der Waals surface area contributed by atoms with Crippen LogP contribution in [0.2, 0.25) is 0 Å². The second-order valence-electron chi connectivity index (χ2n) is 5.76. The van der Waals surface area contributed by atoms with Gasteiger partial charge in [-0.05, 0) is 18.6 Å². The number of benzene rings is 1. The number of hydrogen-bond acceptors (Lipinski definition) is 4. The number of likely N-dealkylation sites (N-methyl/N-ethyl adjacent to an activating group) is 1. The van der Waals surface area contributed by atoms with Gasteiger partial charge in [0.1, 0.15) is 18.0 Å². The molecule has 0 radical (unpaired) electrons. The highest BCUT2D eigenvalue weighted by molar-refractivity contribution is 6.01. The first kappa shape index (κ1) is 15.9. The van der Waals surface area contributed by atoms with Crippen LogP contribution in [0.15, 0.2) is 24.3 Å². The minimum atomic E-state index is -0.576. The largest absolute Gasteiger partial charge is 0.366 e. The van der Waals surface area contributed by atoms with E-state index in [1.54, 1.807) is 25.2 Å². The molecular formula is C16H20FN3O3. The topological polar surface area (TPSA) is 61.9 Å². The molecule has 0 saturated carbocycles. The van der Waals surface area contributed by atoms with Gasteiger partial charge in [0.05, 0.1) is 12.3 Å². The van der Waals surface area contributed by atoms with Gasteiger partial charge in [-0.1, -0.05) is 12.1 Å². The lowest BCUT2D eigenvalue weighted by molar-refractivity contribution is -0.148. The SMILES string of the molecule is CN(C(=O)[C@@H]1CNCCO1)[C@@H]1CCN(c2ccccc2F)C1=O. The van der Waals surface area contributed by atoms with Gasteiger partial charge in [0, 0.05) is 26.7 Å². The molecule has 0 aromatic heterocycles. The number of nitrogens with one attached hydrogen (secondary N) is 1. The lowest BCUT2D eigenvalue weighted by atomic mass is 10.2. The van der Waals surface area contributed by atoms with Crippen molar-refractivity contribution < 1.29 is 18.7 Å². The number of carbonyl (C=O) groups is 2. The number of morpholine rings is 1. The summed E-state index contributed by atoms with van der Waals surface area (Å²) in [6.45, 7) is 2.04. The van der Waals surface area contributed by atoms with Gasteiger partial charge in [0.25, 0.3) is 5.91 Å².